The van der Waals surface area contributed by atoms with E-state index in [2.05, 4.69) is 47.1 Å². The zero-order chi connectivity index (χ0) is 29.2. The van der Waals surface area contributed by atoms with Crippen molar-refractivity contribution >= 4 is 46.0 Å². The SMILES string of the molecule is CCOC(=O)CCC(=O)N1CCC(c2nn(C3CC3)c3ccc(C(c4ccc(Cl)cc4)c4ccc(Cl)cc4)cc23)CC1. The van der Waals surface area contributed by atoms with Gasteiger partial charge in [0.25, 0.3) is 0 Å². The average molecular weight is 605 g/mol. The van der Waals surface area contributed by atoms with Crippen LogP contribution in [0.15, 0.2) is 66.7 Å². The number of carbonyl (C=O) groups excluding carboxylic acids is 2. The minimum atomic E-state index is -0.316. The number of aromatic nitrogens is 2. The maximum Gasteiger partial charge on any atom is 0.306 e. The number of carbonyl (C=O) groups is 2. The van der Waals surface area contributed by atoms with Crippen LogP contribution in [0.3, 0.4) is 0 Å². The molecule has 3 aromatic carbocycles. The molecule has 1 aromatic heterocycles. The lowest BCUT2D eigenvalue weighted by Gasteiger charge is -2.31. The number of likely N-dealkylation sites (tertiary alicyclic amines) is 1. The van der Waals surface area contributed by atoms with Crippen LogP contribution in [-0.2, 0) is 14.3 Å². The van der Waals surface area contributed by atoms with Crippen LogP contribution in [-0.4, -0.2) is 46.3 Å². The molecule has 0 bridgehead atoms. The minimum Gasteiger partial charge on any atom is -0.466 e. The summed E-state index contributed by atoms with van der Waals surface area (Å²) in [6, 6.07) is 23.4. The van der Waals surface area contributed by atoms with Gasteiger partial charge in [0.05, 0.1) is 30.3 Å². The molecule has 0 N–H and O–H groups in total. The van der Waals surface area contributed by atoms with Gasteiger partial charge in [0.15, 0.2) is 0 Å². The second-order valence-corrected chi connectivity index (χ2v) is 12.2. The van der Waals surface area contributed by atoms with E-state index < -0.39 is 0 Å². The van der Waals surface area contributed by atoms with Crippen molar-refractivity contribution in [3.05, 3.63) is 99.2 Å². The predicted molar refractivity (Wildman–Crippen MR) is 166 cm³/mol. The fraction of sp³-hybridized carbons (Fsp3) is 0.382. The lowest BCUT2D eigenvalue weighted by Crippen LogP contribution is -2.38. The summed E-state index contributed by atoms with van der Waals surface area (Å²) in [7, 11) is 0. The van der Waals surface area contributed by atoms with Gasteiger partial charge >= 0.3 is 5.97 Å². The highest BCUT2D eigenvalue weighted by atomic mass is 35.5. The topological polar surface area (TPSA) is 64.4 Å². The zero-order valence-electron chi connectivity index (χ0n) is 23.8. The lowest BCUT2D eigenvalue weighted by atomic mass is 9.84. The van der Waals surface area contributed by atoms with E-state index in [0.717, 1.165) is 42.5 Å². The van der Waals surface area contributed by atoms with Gasteiger partial charge in [-0.2, -0.15) is 5.10 Å². The number of halogens is 2. The van der Waals surface area contributed by atoms with Gasteiger partial charge in [0.1, 0.15) is 0 Å². The number of ether oxygens (including phenoxy) is 1. The number of amides is 1. The second kappa shape index (κ2) is 12.5. The largest absolute Gasteiger partial charge is 0.466 e. The van der Waals surface area contributed by atoms with Gasteiger partial charge < -0.3 is 9.64 Å². The molecule has 0 atom stereocenters. The number of hydrogen-bond donors (Lipinski definition) is 0. The maximum atomic E-state index is 12.8. The Bertz CT molecular complexity index is 1520. The van der Waals surface area contributed by atoms with Crippen LogP contribution < -0.4 is 0 Å². The van der Waals surface area contributed by atoms with Gasteiger partial charge in [-0.15, -0.1) is 0 Å². The van der Waals surface area contributed by atoms with Crippen LogP contribution in [0.5, 0.6) is 0 Å². The lowest BCUT2D eigenvalue weighted by molar-refractivity contribution is -0.145. The fourth-order valence-corrected chi connectivity index (χ4v) is 6.40. The summed E-state index contributed by atoms with van der Waals surface area (Å²) in [6.07, 6.45) is 4.35. The summed E-state index contributed by atoms with van der Waals surface area (Å²) in [5.74, 6) is -0.0173. The van der Waals surface area contributed by atoms with Crippen LogP contribution in [0.1, 0.15) is 85.7 Å². The maximum absolute atomic E-state index is 12.8. The van der Waals surface area contributed by atoms with E-state index in [1.807, 2.05) is 29.2 Å². The third-order valence-electron chi connectivity index (χ3n) is 8.47. The molecule has 2 aliphatic rings. The Labute approximate surface area is 256 Å². The fourth-order valence-electron chi connectivity index (χ4n) is 6.15. The molecule has 1 aliphatic heterocycles. The number of rotatable bonds is 9. The number of fused-ring (bicyclic) bond motifs is 1. The van der Waals surface area contributed by atoms with E-state index in [9.17, 15) is 9.59 Å². The van der Waals surface area contributed by atoms with Crippen molar-refractivity contribution in [1.82, 2.24) is 14.7 Å². The van der Waals surface area contributed by atoms with Crippen LogP contribution in [0, 0.1) is 0 Å². The smallest absolute Gasteiger partial charge is 0.306 e. The van der Waals surface area contributed by atoms with Gasteiger partial charge in [0.2, 0.25) is 5.91 Å². The van der Waals surface area contributed by atoms with Crippen molar-refractivity contribution in [2.75, 3.05) is 19.7 Å². The zero-order valence-corrected chi connectivity index (χ0v) is 25.3. The van der Waals surface area contributed by atoms with Gasteiger partial charge in [0, 0.05) is 46.8 Å². The Balaban J connectivity index is 1.30. The van der Waals surface area contributed by atoms with Crippen molar-refractivity contribution in [3.63, 3.8) is 0 Å². The predicted octanol–water partition coefficient (Wildman–Crippen LogP) is 7.91. The van der Waals surface area contributed by atoms with Gasteiger partial charge in [-0.05, 0) is 85.7 Å². The second-order valence-electron chi connectivity index (χ2n) is 11.3. The van der Waals surface area contributed by atoms with Crippen molar-refractivity contribution in [1.29, 1.82) is 0 Å². The Morgan fingerprint density at radius 1 is 0.857 bits per heavy atom. The van der Waals surface area contributed by atoms with Crippen molar-refractivity contribution < 1.29 is 14.3 Å². The highest BCUT2D eigenvalue weighted by molar-refractivity contribution is 6.30. The summed E-state index contributed by atoms with van der Waals surface area (Å²) >= 11 is 12.5. The third kappa shape index (κ3) is 6.20. The summed E-state index contributed by atoms with van der Waals surface area (Å²) in [4.78, 5) is 26.4. The standard InChI is InChI=1S/C34H35Cl2N3O3/c1-2-42-32(41)16-15-31(40)38-19-17-24(18-20-38)34-29-21-25(7-14-30(29)39(37-34)28-12-13-28)33(22-3-8-26(35)9-4-22)23-5-10-27(36)11-6-23/h3-11,14,21,24,28,33H,2,12-13,15-20H2,1H3. The number of piperidine rings is 1. The highest BCUT2D eigenvalue weighted by Gasteiger charge is 2.32. The molecule has 1 amide bonds. The first-order chi connectivity index (χ1) is 20.4. The van der Waals surface area contributed by atoms with E-state index in [1.54, 1.807) is 6.92 Å². The van der Waals surface area contributed by atoms with Crippen LogP contribution in [0.2, 0.25) is 10.0 Å². The average Bonchev–Trinajstić information content (AvgIpc) is 3.78. The summed E-state index contributed by atoms with van der Waals surface area (Å²) in [6.45, 7) is 3.45. The molecule has 8 heteroatoms. The molecule has 42 heavy (non-hydrogen) atoms. The van der Waals surface area contributed by atoms with Crippen LogP contribution >= 0.6 is 23.2 Å². The quantitative estimate of drug-likeness (QED) is 0.144. The Morgan fingerprint density at radius 2 is 1.45 bits per heavy atom. The molecule has 2 heterocycles. The molecule has 2 fully saturated rings. The highest BCUT2D eigenvalue weighted by Crippen LogP contribution is 2.42. The molecule has 6 nitrogen and oxygen atoms in total. The number of benzene rings is 3. The molecular weight excluding hydrogens is 569 g/mol. The van der Waals surface area contributed by atoms with E-state index in [-0.39, 0.29) is 36.6 Å². The number of esters is 1. The monoisotopic (exact) mass is 603 g/mol. The first-order valence-electron chi connectivity index (χ1n) is 14.9. The molecule has 1 aliphatic carbocycles. The van der Waals surface area contributed by atoms with Crippen LogP contribution in [0.25, 0.3) is 10.9 Å². The molecular formula is C34H35Cl2N3O3. The number of nitrogens with zero attached hydrogens (tertiary/aromatic N) is 3. The molecule has 1 saturated carbocycles. The van der Waals surface area contributed by atoms with E-state index in [1.165, 1.54) is 16.5 Å². The molecule has 218 valence electrons. The Hall–Kier alpha value is -3.35. The van der Waals surface area contributed by atoms with E-state index in [4.69, 9.17) is 33.0 Å². The first kappa shape index (κ1) is 28.8. The summed E-state index contributed by atoms with van der Waals surface area (Å²) in [5, 5.41) is 7.83. The third-order valence-corrected chi connectivity index (χ3v) is 8.98. The van der Waals surface area contributed by atoms with Gasteiger partial charge in [-0.3, -0.25) is 14.3 Å². The Kier molecular flexibility index (Phi) is 8.55. The normalized spacial score (nSPS) is 15.9. The van der Waals surface area contributed by atoms with E-state index in [0.29, 0.717) is 35.8 Å². The van der Waals surface area contributed by atoms with Gasteiger partial charge in [-0.1, -0.05) is 53.5 Å². The molecule has 0 radical (unpaired) electrons. The summed E-state index contributed by atoms with van der Waals surface area (Å²) < 4.78 is 7.21. The molecule has 0 unspecified atom stereocenters. The molecule has 1 saturated heterocycles. The molecule has 6 rings (SSSR count). The Morgan fingerprint density at radius 3 is 2.02 bits per heavy atom. The molecule has 4 aromatic rings. The van der Waals surface area contributed by atoms with E-state index >= 15 is 0 Å². The number of hydrogen-bond acceptors (Lipinski definition) is 4. The minimum absolute atomic E-state index is 0.0138. The van der Waals surface area contributed by atoms with Gasteiger partial charge in [-0.25, -0.2) is 0 Å². The van der Waals surface area contributed by atoms with Crippen LogP contribution in [0.4, 0.5) is 0 Å². The van der Waals surface area contributed by atoms with Crippen molar-refractivity contribution in [2.24, 2.45) is 0 Å². The summed E-state index contributed by atoms with van der Waals surface area (Å²) in [5.41, 5.74) is 5.81. The molecule has 0 spiro atoms. The first-order valence-corrected chi connectivity index (χ1v) is 15.6. The van der Waals surface area contributed by atoms with Crippen molar-refractivity contribution in [2.45, 2.75) is 63.3 Å². The van der Waals surface area contributed by atoms with Crippen molar-refractivity contribution in [3.8, 4) is 0 Å².